The molecular formula is C19H26F2N2O4S. The van der Waals surface area contributed by atoms with Gasteiger partial charge in [0.25, 0.3) is 0 Å². The van der Waals surface area contributed by atoms with E-state index in [9.17, 15) is 13.0 Å². The lowest BCUT2D eigenvalue weighted by Crippen LogP contribution is -2.54. The number of morpholine rings is 1. The molecule has 1 aromatic rings. The van der Waals surface area contributed by atoms with Gasteiger partial charge in [-0.3, -0.25) is 4.90 Å². The van der Waals surface area contributed by atoms with Gasteiger partial charge in [0.1, 0.15) is 16.7 Å². The molecule has 3 heterocycles. The van der Waals surface area contributed by atoms with Gasteiger partial charge in [0.05, 0.1) is 17.1 Å². The number of benzene rings is 1. The zero-order chi connectivity index (χ0) is 19.6. The van der Waals surface area contributed by atoms with Crippen LogP contribution in [0, 0.1) is 0 Å². The maximum Gasteiger partial charge on any atom is 0.387 e. The summed E-state index contributed by atoms with van der Waals surface area (Å²) >= 11 is 0. The van der Waals surface area contributed by atoms with Crippen molar-refractivity contribution in [3.8, 4) is 5.75 Å². The molecular weight excluding hydrogens is 390 g/mol. The van der Waals surface area contributed by atoms with Gasteiger partial charge in [-0.2, -0.15) is 8.78 Å². The third-order valence-corrected chi connectivity index (χ3v) is 7.21. The van der Waals surface area contributed by atoms with Crippen LogP contribution < -0.4 is 4.74 Å². The number of hydrogen-bond donors (Lipinski definition) is 0. The van der Waals surface area contributed by atoms with E-state index in [2.05, 4.69) is 9.64 Å². The van der Waals surface area contributed by atoms with Crippen LogP contribution in [0.1, 0.15) is 19.3 Å². The summed E-state index contributed by atoms with van der Waals surface area (Å²) in [6, 6.07) is 6.56. The highest BCUT2D eigenvalue weighted by molar-refractivity contribution is 7.82. The normalized spacial score (nSPS) is 28.8. The van der Waals surface area contributed by atoms with Crippen LogP contribution in [0.15, 0.2) is 29.2 Å². The van der Waals surface area contributed by atoms with E-state index in [-0.39, 0.29) is 11.4 Å². The molecule has 4 rings (SSSR count). The maximum absolute atomic E-state index is 13.0. The van der Waals surface area contributed by atoms with E-state index < -0.39 is 17.6 Å². The Morgan fingerprint density at radius 1 is 1.11 bits per heavy atom. The van der Waals surface area contributed by atoms with Gasteiger partial charge in [-0.1, -0.05) is 0 Å². The fourth-order valence-electron chi connectivity index (χ4n) is 4.32. The summed E-state index contributed by atoms with van der Waals surface area (Å²) in [5.74, 6) is 0.0668. The van der Waals surface area contributed by atoms with E-state index in [0.29, 0.717) is 30.6 Å². The second-order valence-electron chi connectivity index (χ2n) is 7.56. The Kier molecular flexibility index (Phi) is 6.27. The number of halogens is 2. The number of hydrogen-bond acceptors (Lipinski definition) is 5. The summed E-state index contributed by atoms with van der Waals surface area (Å²) in [7, 11) is -1.36. The molecule has 0 aliphatic carbocycles. The van der Waals surface area contributed by atoms with Gasteiger partial charge in [-0.05, 0) is 43.5 Å². The van der Waals surface area contributed by atoms with E-state index in [4.69, 9.17) is 9.47 Å². The summed E-state index contributed by atoms with van der Waals surface area (Å²) in [6.07, 6.45) is 3.04. The summed E-state index contributed by atoms with van der Waals surface area (Å²) in [5.41, 5.74) is -0.287. The minimum Gasteiger partial charge on any atom is -0.435 e. The summed E-state index contributed by atoms with van der Waals surface area (Å²) in [5, 5.41) is 0. The summed E-state index contributed by atoms with van der Waals surface area (Å²) in [6.45, 7) is 2.34. The molecule has 0 N–H and O–H groups in total. The molecule has 9 heteroatoms. The summed E-state index contributed by atoms with van der Waals surface area (Å²) < 4.78 is 55.5. The average Bonchev–Trinajstić information content (AvgIpc) is 3.11. The second kappa shape index (κ2) is 8.71. The van der Waals surface area contributed by atoms with Gasteiger partial charge in [-0.15, -0.1) is 0 Å². The van der Waals surface area contributed by atoms with Gasteiger partial charge in [0, 0.05) is 45.4 Å². The number of ether oxygens (including phenoxy) is 3. The molecule has 28 heavy (non-hydrogen) atoms. The van der Waals surface area contributed by atoms with E-state index >= 15 is 0 Å². The lowest BCUT2D eigenvalue weighted by atomic mass is 10.0. The van der Waals surface area contributed by atoms with Crippen LogP contribution in [-0.2, 0) is 20.5 Å². The van der Waals surface area contributed by atoms with Crippen LogP contribution >= 0.6 is 0 Å². The first-order valence-corrected chi connectivity index (χ1v) is 10.8. The SMILES string of the molecule is O=S(c1ccc(OC(F)F)cc1)N1CCOC2(CCN(C3CCOCC3)C2)C1. The molecule has 3 saturated heterocycles. The summed E-state index contributed by atoms with van der Waals surface area (Å²) in [4.78, 5) is 3.07. The first kappa shape index (κ1) is 20.2. The molecule has 1 aromatic carbocycles. The Balaban J connectivity index is 1.38. The zero-order valence-corrected chi connectivity index (χ0v) is 16.5. The molecule has 2 unspecified atom stereocenters. The van der Waals surface area contributed by atoms with Gasteiger partial charge < -0.3 is 14.2 Å². The third-order valence-electron chi connectivity index (χ3n) is 5.75. The van der Waals surface area contributed by atoms with Crippen LogP contribution in [0.2, 0.25) is 0 Å². The Hall–Kier alpha value is -1.13. The Labute approximate surface area is 166 Å². The van der Waals surface area contributed by atoms with Crippen molar-refractivity contribution in [1.82, 2.24) is 9.21 Å². The quantitative estimate of drug-likeness (QED) is 0.737. The van der Waals surface area contributed by atoms with Crippen molar-refractivity contribution >= 4 is 11.0 Å². The van der Waals surface area contributed by atoms with Crippen molar-refractivity contribution in [3.05, 3.63) is 24.3 Å². The highest BCUT2D eigenvalue weighted by Crippen LogP contribution is 2.33. The van der Waals surface area contributed by atoms with Gasteiger partial charge in [0.15, 0.2) is 0 Å². The minimum atomic E-state index is -2.86. The number of likely N-dealkylation sites (tertiary alicyclic amines) is 1. The Morgan fingerprint density at radius 2 is 1.86 bits per heavy atom. The van der Waals surface area contributed by atoms with E-state index in [1.807, 2.05) is 4.31 Å². The maximum atomic E-state index is 13.0. The minimum absolute atomic E-state index is 0.0668. The molecule has 3 aliphatic heterocycles. The fraction of sp³-hybridized carbons (Fsp3) is 0.684. The molecule has 3 aliphatic rings. The van der Waals surface area contributed by atoms with Crippen molar-refractivity contribution in [1.29, 1.82) is 0 Å². The molecule has 156 valence electrons. The monoisotopic (exact) mass is 416 g/mol. The predicted molar refractivity (Wildman–Crippen MR) is 99.8 cm³/mol. The van der Waals surface area contributed by atoms with Gasteiger partial charge in [-0.25, -0.2) is 8.51 Å². The largest absolute Gasteiger partial charge is 0.435 e. The van der Waals surface area contributed by atoms with Crippen molar-refractivity contribution < 1.29 is 27.2 Å². The van der Waals surface area contributed by atoms with E-state index in [1.165, 1.54) is 12.1 Å². The molecule has 3 fully saturated rings. The van der Waals surface area contributed by atoms with Crippen molar-refractivity contribution in [2.45, 2.75) is 42.4 Å². The average molecular weight is 416 g/mol. The van der Waals surface area contributed by atoms with Gasteiger partial charge >= 0.3 is 6.61 Å². The molecule has 6 nitrogen and oxygen atoms in total. The number of nitrogens with zero attached hydrogens (tertiary/aromatic N) is 2. The molecule has 2 atom stereocenters. The van der Waals surface area contributed by atoms with Crippen LogP contribution in [0.25, 0.3) is 0 Å². The molecule has 0 bridgehead atoms. The van der Waals surface area contributed by atoms with E-state index in [0.717, 1.165) is 45.6 Å². The molecule has 1 spiro atoms. The van der Waals surface area contributed by atoms with Crippen LogP contribution in [0.3, 0.4) is 0 Å². The number of alkyl halides is 2. The molecule has 0 amide bonds. The first-order valence-electron chi connectivity index (χ1n) is 9.72. The molecule has 0 radical (unpaired) electrons. The third kappa shape index (κ3) is 4.54. The van der Waals surface area contributed by atoms with Crippen molar-refractivity contribution in [2.75, 3.05) is 46.0 Å². The number of rotatable bonds is 5. The molecule has 0 aromatic heterocycles. The highest BCUT2D eigenvalue weighted by Gasteiger charge is 2.45. The fourth-order valence-corrected chi connectivity index (χ4v) is 5.58. The Morgan fingerprint density at radius 3 is 2.57 bits per heavy atom. The first-order chi connectivity index (χ1) is 13.5. The van der Waals surface area contributed by atoms with Crippen molar-refractivity contribution in [2.24, 2.45) is 0 Å². The van der Waals surface area contributed by atoms with Crippen molar-refractivity contribution in [3.63, 3.8) is 0 Å². The second-order valence-corrected chi connectivity index (χ2v) is 9.04. The van der Waals surface area contributed by atoms with E-state index in [1.54, 1.807) is 12.1 Å². The van der Waals surface area contributed by atoms with Crippen LogP contribution in [0.5, 0.6) is 5.75 Å². The van der Waals surface area contributed by atoms with Crippen LogP contribution in [-0.4, -0.2) is 77.7 Å². The molecule has 0 saturated carbocycles. The lowest BCUT2D eigenvalue weighted by Gasteiger charge is -2.40. The Bertz CT molecular complexity index is 687. The van der Waals surface area contributed by atoms with Gasteiger partial charge in [0.2, 0.25) is 0 Å². The zero-order valence-electron chi connectivity index (χ0n) is 15.7. The topological polar surface area (TPSA) is 51.2 Å². The highest BCUT2D eigenvalue weighted by atomic mass is 32.2. The smallest absolute Gasteiger partial charge is 0.387 e. The van der Waals surface area contributed by atoms with Crippen LogP contribution in [0.4, 0.5) is 8.78 Å². The predicted octanol–water partition coefficient (Wildman–Crippen LogP) is 2.27. The standard InChI is InChI=1S/C19H26F2N2O4S/c20-18(21)27-16-1-3-17(4-2-16)28(24)23-9-12-26-19(14-23)7-8-22(13-19)15-5-10-25-11-6-15/h1-4,15,18H,5-14H2. The lowest BCUT2D eigenvalue weighted by molar-refractivity contribution is -0.0836.